The molecular formula is C21H29NS2. The standard InChI is InChI=1S/C21H29NS2/c1-4-5-6-7-10-17-24-19-15-13-18(14-16-19)20-11-8-9-12-21(20)22(2)23-3/h8-9,11-16H,4-7,10,17H2,1-3H3. The molecule has 2 rings (SSSR count). The minimum atomic E-state index is 1.23. The van der Waals surface area contributed by atoms with E-state index >= 15 is 0 Å². The van der Waals surface area contributed by atoms with Crippen LogP contribution in [0.1, 0.15) is 39.0 Å². The molecule has 2 aromatic rings. The molecule has 0 amide bonds. The van der Waals surface area contributed by atoms with Crippen LogP contribution >= 0.6 is 23.7 Å². The molecule has 0 aromatic heterocycles. The number of hydrogen-bond acceptors (Lipinski definition) is 3. The van der Waals surface area contributed by atoms with Crippen molar-refractivity contribution in [3.8, 4) is 11.1 Å². The summed E-state index contributed by atoms with van der Waals surface area (Å²) < 4.78 is 2.22. The summed E-state index contributed by atoms with van der Waals surface area (Å²) in [5.41, 5.74) is 3.85. The van der Waals surface area contributed by atoms with Gasteiger partial charge in [0.15, 0.2) is 0 Å². The molecule has 0 unspecified atom stereocenters. The second-order valence-electron chi connectivity index (χ2n) is 5.98. The number of anilines is 1. The Morgan fingerprint density at radius 2 is 1.58 bits per heavy atom. The number of unbranched alkanes of at least 4 members (excludes halogenated alkanes) is 4. The van der Waals surface area contributed by atoms with Gasteiger partial charge < -0.3 is 4.31 Å². The minimum absolute atomic E-state index is 1.23. The van der Waals surface area contributed by atoms with Crippen LogP contribution in [-0.4, -0.2) is 19.1 Å². The fourth-order valence-electron chi connectivity index (χ4n) is 2.72. The highest BCUT2D eigenvalue weighted by Crippen LogP contribution is 2.33. The molecule has 0 bridgehead atoms. The lowest BCUT2D eigenvalue weighted by atomic mass is 10.0. The molecule has 3 heteroatoms. The van der Waals surface area contributed by atoms with Crippen LogP contribution in [0.4, 0.5) is 5.69 Å². The van der Waals surface area contributed by atoms with Crippen molar-refractivity contribution in [2.24, 2.45) is 0 Å². The Labute approximate surface area is 156 Å². The Kier molecular flexibility index (Phi) is 8.62. The van der Waals surface area contributed by atoms with E-state index in [2.05, 4.69) is 73.1 Å². The first-order valence-electron chi connectivity index (χ1n) is 8.86. The molecule has 0 aliphatic heterocycles. The normalized spacial score (nSPS) is 10.8. The van der Waals surface area contributed by atoms with E-state index in [1.807, 2.05) is 11.8 Å². The smallest absolute Gasteiger partial charge is 0.0544 e. The predicted molar refractivity (Wildman–Crippen MR) is 113 cm³/mol. The quantitative estimate of drug-likeness (QED) is 0.252. The lowest BCUT2D eigenvalue weighted by molar-refractivity contribution is 0.659. The first-order valence-corrected chi connectivity index (χ1v) is 11.0. The van der Waals surface area contributed by atoms with Crippen LogP contribution in [0, 0.1) is 0 Å². The zero-order chi connectivity index (χ0) is 17.2. The van der Waals surface area contributed by atoms with Crippen LogP contribution in [0.15, 0.2) is 53.4 Å². The summed E-state index contributed by atoms with van der Waals surface area (Å²) in [6, 6.07) is 17.7. The number of rotatable bonds is 10. The second-order valence-corrected chi connectivity index (χ2v) is 8.07. The summed E-state index contributed by atoms with van der Waals surface area (Å²) in [7, 11) is 2.12. The number of nitrogens with zero attached hydrogens (tertiary/aromatic N) is 1. The van der Waals surface area contributed by atoms with E-state index < -0.39 is 0 Å². The van der Waals surface area contributed by atoms with Gasteiger partial charge in [-0.15, -0.1) is 11.8 Å². The average Bonchev–Trinajstić information content (AvgIpc) is 2.64. The van der Waals surface area contributed by atoms with E-state index in [1.165, 1.54) is 59.6 Å². The first kappa shape index (κ1) is 19.3. The third-order valence-electron chi connectivity index (χ3n) is 4.20. The number of benzene rings is 2. The van der Waals surface area contributed by atoms with Gasteiger partial charge in [-0.1, -0.05) is 74.9 Å². The van der Waals surface area contributed by atoms with Crippen molar-refractivity contribution in [2.45, 2.75) is 43.9 Å². The molecule has 130 valence electrons. The van der Waals surface area contributed by atoms with Gasteiger partial charge in [-0.25, -0.2) is 0 Å². The summed E-state index contributed by atoms with van der Waals surface area (Å²) in [4.78, 5) is 1.38. The Hall–Kier alpha value is -1.06. The molecule has 0 radical (unpaired) electrons. The van der Waals surface area contributed by atoms with E-state index in [9.17, 15) is 0 Å². The molecule has 0 saturated heterocycles. The molecule has 0 aliphatic carbocycles. The van der Waals surface area contributed by atoms with Gasteiger partial charge in [-0.05, 0) is 35.9 Å². The van der Waals surface area contributed by atoms with Gasteiger partial charge in [0.2, 0.25) is 0 Å². The Morgan fingerprint density at radius 3 is 2.29 bits per heavy atom. The molecule has 0 fully saturated rings. The van der Waals surface area contributed by atoms with Crippen molar-refractivity contribution in [3.05, 3.63) is 48.5 Å². The van der Waals surface area contributed by atoms with E-state index in [0.717, 1.165) is 0 Å². The summed E-state index contributed by atoms with van der Waals surface area (Å²) in [5, 5.41) is 0. The maximum atomic E-state index is 2.27. The Balaban J connectivity index is 1.95. The topological polar surface area (TPSA) is 3.24 Å². The largest absolute Gasteiger partial charge is 0.319 e. The van der Waals surface area contributed by atoms with E-state index in [0.29, 0.717) is 0 Å². The maximum Gasteiger partial charge on any atom is 0.0544 e. The van der Waals surface area contributed by atoms with Crippen LogP contribution in [0.5, 0.6) is 0 Å². The van der Waals surface area contributed by atoms with Crippen LogP contribution in [0.3, 0.4) is 0 Å². The highest BCUT2D eigenvalue weighted by atomic mass is 32.2. The minimum Gasteiger partial charge on any atom is -0.319 e. The van der Waals surface area contributed by atoms with E-state index in [-0.39, 0.29) is 0 Å². The SMILES string of the molecule is CCCCCCCSc1ccc(-c2ccccc2N(C)SC)cc1. The van der Waals surface area contributed by atoms with E-state index in [4.69, 9.17) is 0 Å². The predicted octanol–water partition coefficient (Wildman–Crippen LogP) is 7.13. The molecule has 1 nitrogen and oxygen atoms in total. The van der Waals surface area contributed by atoms with Crippen LogP contribution in [0.25, 0.3) is 11.1 Å². The van der Waals surface area contributed by atoms with Gasteiger partial charge >= 0.3 is 0 Å². The van der Waals surface area contributed by atoms with Crippen molar-refractivity contribution in [1.82, 2.24) is 0 Å². The summed E-state index contributed by atoms with van der Waals surface area (Å²) >= 11 is 3.72. The number of hydrogen-bond donors (Lipinski definition) is 0. The fraction of sp³-hybridized carbons (Fsp3) is 0.429. The monoisotopic (exact) mass is 359 g/mol. The summed E-state index contributed by atoms with van der Waals surface area (Å²) in [6.07, 6.45) is 8.89. The zero-order valence-electron chi connectivity index (χ0n) is 15.1. The molecular weight excluding hydrogens is 330 g/mol. The summed E-state index contributed by atoms with van der Waals surface area (Å²) in [6.45, 7) is 2.27. The molecule has 0 spiro atoms. The third-order valence-corrected chi connectivity index (χ3v) is 6.04. The molecule has 2 aromatic carbocycles. The van der Waals surface area contributed by atoms with Crippen molar-refractivity contribution < 1.29 is 0 Å². The van der Waals surface area contributed by atoms with Crippen LogP contribution in [0.2, 0.25) is 0 Å². The first-order chi connectivity index (χ1) is 11.8. The molecule has 24 heavy (non-hydrogen) atoms. The van der Waals surface area contributed by atoms with Gasteiger partial charge in [-0.2, -0.15) is 0 Å². The molecule has 0 saturated carbocycles. The van der Waals surface area contributed by atoms with Crippen molar-refractivity contribution in [2.75, 3.05) is 23.4 Å². The van der Waals surface area contributed by atoms with Crippen LogP contribution in [-0.2, 0) is 0 Å². The zero-order valence-corrected chi connectivity index (χ0v) is 16.8. The molecule has 0 heterocycles. The van der Waals surface area contributed by atoms with Gasteiger partial charge in [0.1, 0.15) is 0 Å². The van der Waals surface area contributed by atoms with Gasteiger partial charge in [0.05, 0.1) is 5.69 Å². The lowest BCUT2D eigenvalue weighted by Gasteiger charge is -2.19. The number of para-hydroxylation sites is 1. The molecule has 0 aliphatic rings. The third kappa shape index (κ3) is 5.78. The van der Waals surface area contributed by atoms with Gasteiger partial charge in [-0.3, -0.25) is 0 Å². The molecule has 0 atom stereocenters. The lowest BCUT2D eigenvalue weighted by Crippen LogP contribution is -2.06. The van der Waals surface area contributed by atoms with Crippen LogP contribution < -0.4 is 4.31 Å². The van der Waals surface area contributed by atoms with Crippen molar-refractivity contribution >= 4 is 29.4 Å². The van der Waals surface area contributed by atoms with E-state index in [1.54, 1.807) is 11.9 Å². The maximum absolute atomic E-state index is 2.27. The fourth-order valence-corrected chi connectivity index (χ4v) is 3.99. The molecule has 0 N–H and O–H groups in total. The Bertz CT molecular complexity index is 595. The van der Waals surface area contributed by atoms with Crippen molar-refractivity contribution in [1.29, 1.82) is 0 Å². The highest BCUT2D eigenvalue weighted by molar-refractivity contribution is 8.00. The number of thioether (sulfide) groups is 1. The Morgan fingerprint density at radius 1 is 0.875 bits per heavy atom. The van der Waals surface area contributed by atoms with Crippen molar-refractivity contribution in [3.63, 3.8) is 0 Å². The van der Waals surface area contributed by atoms with Gasteiger partial charge in [0, 0.05) is 23.8 Å². The second kappa shape index (κ2) is 10.7. The average molecular weight is 360 g/mol. The summed E-state index contributed by atoms with van der Waals surface area (Å²) in [5.74, 6) is 1.23. The highest BCUT2D eigenvalue weighted by Gasteiger charge is 2.08. The van der Waals surface area contributed by atoms with Gasteiger partial charge in [0.25, 0.3) is 0 Å².